The predicted octanol–water partition coefficient (Wildman–Crippen LogP) is 3.19. The van der Waals surface area contributed by atoms with Gasteiger partial charge in [-0.05, 0) is 35.9 Å². The largest absolute Gasteiger partial charge is 0.478 e. The molecule has 114 valence electrons. The van der Waals surface area contributed by atoms with Gasteiger partial charge in [-0.15, -0.1) is 0 Å². The van der Waals surface area contributed by atoms with Crippen molar-refractivity contribution in [1.82, 2.24) is 4.98 Å². The lowest BCUT2D eigenvalue weighted by Crippen LogP contribution is -2.27. The Bertz CT molecular complexity index is 834. The first-order chi connectivity index (χ1) is 11.1. The molecule has 0 spiro atoms. The summed E-state index contributed by atoms with van der Waals surface area (Å²) in [6.45, 7) is 0. The van der Waals surface area contributed by atoms with Gasteiger partial charge in [0.1, 0.15) is 0 Å². The Labute approximate surface area is 141 Å². The third-order valence-electron chi connectivity index (χ3n) is 3.13. The Morgan fingerprint density at radius 1 is 1.30 bits per heavy atom. The molecule has 0 unspecified atom stereocenters. The van der Waals surface area contributed by atoms with Crippen molar-refractivity contribution in [2.24, 2.45) is 0 Å². The van der Waals surface area contributed by atoms with Crippen molar-refractivity contribution in [1.29, 1.82) is 0 Å². The number of carbonyl (C=O) groups excluding carboxylic acids is 1. The fourth-order valence-electron chi connectivity index (χ4n) is 2.08. The van der Waals surface area contributed by atoms with Gasteiger partial charge in [0, 0.05) is 12.4 Å². The van der Waals surface area contributed by atoms with Gasteiger partial charge in [0.2, 0.25) is 0 Å². The highest BCUT2D eigenvalue weighted by Gasteiger charge is 2.33. The van der Waals surface area contributed by atoms with Crippen molar-refractivity contribution in [3.05, 3.63) is 64.8 Å². The molecule has 3 rings (SSSR count). The number of thiocarbonyl (C=S) groups is 1. The molecule has 1 aromatic carbocycles. The Morgan fingerprint density at radius 2 is 2.13 bits per heavy atom. The molecule has 1 N–H and O–H groups in total. The minimum atomic E-state index is -1.05. The lowest BCUT2D eigenvalue weighted by Gasteiger charge is -2.14. The second-order valence-electron chi connectivity index (χ2n) is 4.66. The molecule has 1 aromatic heterocycles. The summed E-state index contributed by atoms with van der Waals surface area (Å²) in [7, 11) is 0. The van der Waals surface area contributed by atoms with Crippen molar-refractivity contribution in [3.8, 4) is 0 Å². The summed E-state index contributed by atoms with van der Waals surface area (Å²) in [4.78, 5) is 29.5. The molecule has 1 fully saturated rings. The number of amides is 1. The molecule has 0 radical (unpaired) electrons. The van der Waals surface area contributed by atoms with Gasteiger partial charge in [0.05, 0.1) is 16.2 Å². The van der Waals surface area contributed by atoms with Crippen LogP contribution in [0.25, 0.3) is 6.08 Å². The molecule has 0 aliphatic carbocycles. The Hall–Kier alpha value is -2.51. The van der Waals surface area contributed by atoms with Gasteiger partial charge >= 0.3 is 5.97 Å². The molecule has 1 aliphatic rings. The van der Waals surface area contributed by atoms with E-state index in [1.807, 2.05) is 6.07 Å². The van der Waals surface area contributed by atoms with Gasteiger partial charge in [-0.25, -0.2) is 4.79 Å². The molecular weight excluding hydrogens is 332 g/mol. The smallest absolute Gasteiger partial charge is 0.335 e. The van der Waals surface area contributed by atoms with Crippen molar-refractivity contribution >= 4 is 51.9 Å². The summed E-state index contributed by atoms with van der Waals surface area (Å²) >= 11 is 6.45. The van der Waals surface area contributed by atoms with E-state index in [0.717, 1.165) is 5.56 Å². The predicted molar refractivity (Wildman–Crippen MR) is 93.3 cm³/mol. The lowest BCUT2D eigenvalue weighted by molar-refractivity contribution is -0.113. The number of aromatic nitrogens is 1. The number of hydrogen-bond donors (Lipinski definition) is 1. The van der Waals surface area contributed by atoms with E-state index >= 15 is 0 Å². The normalized spacial score (nSPS) is 16.2. The van der Waals surface area contributed by atoms with Gasteiger partial charge in [0.25, 0.3) is 5.91 Å². The molecule has 0 bridgehead atoms. The maximum atomic E-state index is 12.6. The summed E-state index contributed by atoms with van der Waals surface area (Å²) < 4.78 is 0.368. The number of nitrogens with zero attached hydrogens (tertiary/aromatic N) is 2. The van der Waals surface area contributed by atoms with Crippen molar-refractivity contribution < 1.29 is 14.7 Å². The first-order valence-corrected chi connectivity index (χ1v) is 7.80. The highest BCUT2D eigenvalue weighted by Crippen LogP contribution is 2.36. The molecule has 0 atom stereocenters. The number of carboxylic acid groups (broad SMARTS) is 1. The van der Waals surface area contributed by atoms with Crippen molar-refractivity contribution in [2.75, 3.05) is 4.90 Å². The van der Waals surface area contributed by atoms with E-state index in [9.17, 15) is 9.59 Å². The molecule has 1 saturated heterocycles. The average molecular weight is 342 g/mol. The van der Waals surface area contributed by atoms with Crippen LogP contribution in [0.3, 0.4) is 0 Å². The highest BCUT2D eigenvalue weighted by molar-refractivity contribution is 8.27. The summed E-state index contributed by atoms with van der Waals surface area (Å²) in [5, 5.41) is 9.07. The fourth-order valence-corrected chi connectivity index (χ4v) is 3.38. The number of anilines is 1. The van der Waals surface area contributed by atoms with Crippen LogP contribution in [0.1, 0.15) is 15.9 Å². The Morgan fingerprint density at radius 3 is 2.83 bits per heavy atom. The minimum Gasteiger partial charge on any atom is -0.478 e. The van der Waals surface area contributed by atoms with Crippen LogP contribution in [0.5, 0.6) is 0 Å². The zero-order valence-corrected chi connectivity index (χ0v) is 13.3. The van der Waals surface area contributed by atoms with Gasteiger partial charge in [-0.2, -0.15) is 0 Å². The molecule has 0 saturated carbocycles. The number of pyridine rings is 1. The van der Waals surface area contributed by atoms with Gasteiger partial charge < -0.3 is 5.11 Å². The van der Waals surface area contributed by atoms with Crippen LogP contribution >= 0.6 is 24.0 Å². The number of carboxylic acids is 1. The van der Waals surface area contributed by atoms with Crippen LogP contribution in [-0.2, 0) is 4.79 Å². The van der Waals surface area contributed by atoms with Crippen LogP contribution in [0.2, 0.25) is 0 Å². The first-order valence-electron chi connectivity index (χ1n) is 6.57. The molecule has 1 amide bonds. The summed E-state index contributed by atoms with van der Waals surface area (Å²) in [5.74, 6) is -1.32. The van der Waals surface area contributed by atoms with Crippen molar-refractivity contribution in [2.45, 2.75) is 0 Å². The fraction of sp³-hybridized carbons (Fsp3) is 0. The molecule has 2 aromatic rings. The third kappa shape index (κ3) is 3.15. The zero-order valence-electron chi connectivity index (χ0n) is 11.7. The number of rotatable bonds is 3. The van der Waals surface area contributed by atoms with Crippen LogP contribution in [-0.4, -0.2) is 26.3 Å². The number of benzene rings is 1. The summed E-state index contributed by atoms with van der Waals surface area (Å²) in [6.07, 6.45) is 5.02. The van der Waals surface area contributed by atoms with Gasteiger partial charge in [-0.3, -0.25) is 14.7 Å². The topological polar surface area (TPSA) is 70.5 Å². The van der Waals surface area contributed by atoms with Crippen LogP contribution in [0, 0.1) is 0 Å². The zero-order chi connectivity index (χ0) is 16.4. The van der Waals surface area contributed by atoms with Gasteiger partial charge in [0.15, 0.2) is 4.32 Å². The first kappa shape index (κ1) is 15.4. The molecular formula is C16H10N2O3S2. The van der Waals surface area contributed by atoms with Crippen LogP contribution in [0.15, 0.2) is 53.7 Å². The molecule has 1 aliphatic heterocycles. The number of aromatic carboxylic acids is 1. The molecule has 5 nitrogen and oxygen atoms in total. The summed E-state index contributed by atoms with van der Waals surface area (Å²) in [5.41, 5.74) is 1.35. The van der Waals surface area contributed by atoms with E-state index in [4.69, 9.17) is 17.3 Å². The van der Waals surface area contributed by atoms with E-state index in [-0.39, 0.29) is 11.5 Å². The average Bonchev–Trinajstić information content (AvgIpc) is 2.82. The number of hydrogen-bond acceptors (Lipinski definition) is 5. The van der Waals surface area contributed by atoms with E-state index < -0.39 is 5.97 Å². The van der Waals surface area contributed by atoms with E-state index in [1.54, 1.807) is 36.7 Å². The van der Waals surface area contributed by atoms with Crippen molar-refractivity contribution in [3.63, 3.8) is 0 Å². The van der Waals surface area contributed by atoms with E-state index in [1.165, 1.54) is 28.8 Å². The minimum absolute atomic E-state index is 0.104. The number of carbonyl (C=O) groups is 2. The standard InChI is InChI=1S/C16H10N2O3S2/c19-14-13(7-10-3-2-6-17-9-10)23-16(22)18(14)12-5-1-4-11(8-12)15(20)21/h1-9H,(H,20,21). The SMILES string of the molecule is O=C(O)c1cccc(N2C(=O)C(=Cc3cccnc3)SC2=S)c1. The van der Waals surface area contributed by atoms with Crippen LogP contribution < -0.4 is 4.90 Å². The highest BCUT2D eigenvalue weighted by atomic mass is 32.2. The lowest BCUT2D eigenvalue weighted by atomic mass is 10.2. The van der Waals surface area contributed by atoms with Crippen LogP contribution in [0.4, 0.5) is 5.69 Å². The maximum absolute atomic E-state index is 12.6. The van der Waals surface area contributed by atoms with E-state index in [0.29, 0.717) is 14.9 Å². The monoisotopic (exact) mass is 342 g/mol. The Balaban J connectivity index is 1.95. The molecule has 23 heavy (non-hydrogen) atoms. The van der Waals surface area contributed by atoms with Gasteiger partial charge in [-0.1, -0.05) is 36.1 Å². The summed E-state index contributed by atoms with van der Waals surface area (Å²) in [6, 6.07) is 9.76. The third-order valence-corrected chi connectivity index (χ3v) is 4.43. The quantitative estimate of drug-likeness (QED) is 0.682. The number of thioether (sulfide) groups is 1. The van der Waals surface area contributed by atoms with E-state index in [2.05, 4.69) is 4.98 Å². The molecule has 7 heteroatoms. The second kappa shape index (κ2) is 6.31. The maximum Gasteiger partial charge on any atom is 0.335 e. The molecule has 2 heterocycles. The Kier molecular flexibility index (Phi) is 4.22. The second-order valence-corrected chi connectivity index (χ2v) is 6.33.